The standard InChI is InChI=1S/C14H10INO2/c15-14(10-11-4-2-1-3-5-11)12-6-8-13(9-7-12)16(17)18/h1-10H. The molecule has 0 aliphatic heterocycles. The first-order valence-electron chi connectivity index (χ1n) is 5.34. The fourth-order valence-electron chi connectivity index (χ4n) is 1.52. The topological polar surface area (TPSA) is 43.1 Å². The maximum atomic E-state index is 10.6. The van der Waals surface area contributed by atoms with Gasteiger partial charge in [-0.3, -0.25) is 10.1 Å². The second-order valence-electron chi connectivity index (χ2n) is 3.71. The van der Waals surface area contributed by atoms with Crippen molar-refractivity contribution in [2.75, 3.05) is 0 Å². The van der Waals surface area contributed by atoms with Gasteiger partial charge in [-0.2, -0.15) is 0 Å². The highest BCUT2D eigenvalue weighted by atomic mass is 127. The van der Waals surface area contributed by atoms with Crippen LogP contribution in [-0.4, -0.2) is 4.92 Å². The molecule has 3 nitrogen and oxygen atoms in total. The molecular formula is C14H10INO2. The average molecular weight is 351 g/mol. The SMILES string of the molecule is O=[N+]([O-])c1ccc(C(I)=Cc2ccccc2)cc1. The van der Waals surface area contributed by atoms with E-state index in [9.17, 15) is 10.1 Å². The third kappa shape index (κ3) is 3.16. The van der Waals surface area contributed by atoms with Gasteiger partial charge in [0, 0.05) is 15.7 Å². The summed E-state index contributed by atoms with van der Waals surface area (Å²) in [6, 6.07) is 16.5. The second kappa shape index (κ2) is 5.77. The lowest BCUT2D eigenvalue weighted by molar-refractivity contribution is -0.384. The zero-order chi connectivity index (χ0) is 13.0. The van der Waals surface area contributed by atoms with Gasteiger partial charge in [0.05, 0.1) is 4.92 Å². The Morgan fingerprint density at radius 3 is 2.22 bits per heavy atom. The number of non-ortho nitro benzene ring substituents is 1. The Morgan fingerprint density at radius 2 is 1.67 bits per heavy atom. The van der Waals surface area contributed by atoms with E-state index in [1.165, 1.54) is 12.1 Å². The van der Waals surface area contributed by atoms with Crippen molar-refractivity contribution in [1.29, 1.82) is 0 Å². The molecule has 4 heteroatoms. The van der Waals surface area contributed by atoms with Crippen LogP contribution >= 0.6 is 22.6 Å². The first-order valence-corrected chi connectivity index (χ1v) is 6.42. The predicted molar refractivity (Wildman–Crippen MR) is 81.4 cm³/mol. The molecule has 0 spiro atoms. The Morgan fingerprint density at radius 1 is 1.06 bits per heavy atom. The third-order valence-electron chi connectivity index (χ3n) is 2.45. The van der Waals surface area contributed by atoms with Crippen LogP contribution in [-0.2, 0) is 0 Å². The molecule has 90 valence electrons. The zero-order valence-electron chi connectivity index (χ0n) is 9.42. The average Bonchev–Trinajstić information content (AvgIpc) is 2.40. The number of nitro benzene ring substituents is 1. The highest BCUT2D eigenvalue weighted by molar-refractivity contribution is 14.1. The molecule has 0 aliphatic rings. The van der Waals surface area contributed by atoms with Gasteiger partial charge in [0.25, 0.3) is 5.69 Å². The molecule has 0 bridgehead atoms. The van der Waals surface area contributed by atoms with Crippen molar-refractivity contribution in [3.63, 3.8) is 0 Å². The van der Waals surface area contributed by atoms with Gasteiger partial charge >= 0.3 is 0 Å². The summed E-state index contributed by atoms with van der Waals surface area (Å²) in [5.41, 5.74) is 2.20. The number of halogens is 1. The minimum atomic E-state index is -0.391. The lowest BCUT2D eigenvalue weighted by atomic mass is 10.1. The maximum Gasteiger partial charge on any atom is 0.269 e. The highest BCUT2D eigenvalue weighted by Gasteiger charge is 2.05. The van der Waals surface area contributed by atoms with Gasteiger partial charge in [-0.1, -0.05) is 30.3 Å². The molecule has 0 saturated carbocycles. The largest absolute Gasteiger partial charge is 0.269 e. The summed E-state index contributed by atoms with van der Waals surface area (Å²) in [5.74, 6) is 0. The van der Waals surface area contributed by atoms with Gasteiger partial charge in [0.1, 0.15) is 0 Å². The normalized spacial score (nSPS) is 11.3. The quantitative estimate of drug-likeness (QED) is 0.353. The van der Waals surface area contributed by atoms with E-state index in [2.05, 4.69) is 22.6 Å². The van der Waals surface area contributed by atoms with E-state index in [1.807, 2.05) is 36.4 Å². The van der Waals surface area contributed by atoms with E-state index in [-0.39, 0.29) is 5.69 Å². The van der Waals surface area contributed by atoms with Crippen LogP contribution in [0.4, 0.5) is 5.69 Å². The number of rotatable bonds is 3. The molecule has 0 aromatic heterocycles. The summed E-state index contributed by atoms with van der Waals surface area (Å²) in [7, 11) is 0. The van der Waals surface area contributed by atoms with E-state index in [0.29, 0.717) is 0 Å². The van der Waals surface area contributed by atoms with E-state index < -0.39 is 4.92 Å². The summed E-state index contributed by atoms with van der Waals surface area (Å²) in [4.78, 5) is 10.2. The van der Waals surface area contributed by atoms with Crippen LogP contribution in [0, 0.1) is 10.1 Å². The molecule has 0 amide bonds. The number of nitrogens with zero attached hydrogens (tertiary/aromatic N) is 1. The Labute approximate surface area is 118 Å². The molecule has 0 unspecified atom stereocenters. The molecule has 0 N–H and O–H groups in total. The Kier molecular flexibility index (Phi) is 4.09. The minimum Gasteiger partial charge on any atom is -0.258 e. The van der Waals surface area contributed by atoms with Crippen LogP contribution in [0.1, 0.15) is 11.1 Å². The minimum absolute atomic E-state index is 0.114. The summed E-state index contributed by atoms with van der Waals surface area (Å²) >= 11 is 2.23. The van der Waals surface area contributed by atoms with Crippen molar-refractivity contribution in [3.8, 4) is 0 Å². The van der Waals surface area contributed by atoms with Crippen LogP contribution < -0.4 is 0 Å². The molecule has 0 saturated heterocycles. The molecule has 0 aliphatic carbocycles. The number of nitro groups is 1. The lowest BCUT2D eigenvalue weighted by Crippen LogP contribution is -1.87. The Bertz CT molecular complexity index is 577. The molecular weight excluding hydrogens is 341 g/mol. The van der Waals surface area contributed by atoms with Crippen molar-refractivity contribution in [2.45, 2.75) is 0 Å². The van der Waals surface area contributed by atoms with Gasteiger partial charge in [0.2, 0.25) is 0 Å². The van der Waals surface area contributed by atoms with Gasteiger partial charge in [0.15, 0.2) is 0 Å². The van der Waals surface area contributed by atoms with Crippen LogP contribution in [0.2, 0.25) is 0 Å². The van der Waals surface area contributed by atoms with Gasteiger partial charge < -0.3 is 0 Å². The molecule has 2 aromatic rings. The zero-order valence-corrected chi connectivity index (χ0v) is 11.6. The summed E-state index contributed by atoms with van der Waals surface area (Å²) in [5, 5.41) is 10.6. The Hall–Kier alpha value is -1.69. The Balaban J connectivity index is 2.26. The van der Waals surface area contributed by atoms with Crippen molar-refractivity contribution in [1.82, 2.24) is 0 Å². The van der Waals surface area contributed by atoms with Crippen molar-refractivity contribution < 1.29 is 4.92 Å². The second-order valence-corrected chi connectivity index (χ2v) is 4.87. The molecule has 0 atom stereocenters. The maximum absolute atomic E-state index is 10.6. The van der Waals surface area contributed by atoms with E-state index in [1.54, 1.807) is 12.1 Å². The van der Waals surface area contributed by atoms with E-state index in [4.69, 9.17) is 0 Å². The fourth-order valence-corrected chi connectivity index (χ4v) is 2.24. The van der Waals surface area contributed by atoms with Gasteiger partial charge in [-0.15, -0.1) is 0 Å². The van der Waals surface area contributed by atoms with Crippen molar-refractivity contribution >= 4 is 37.9 Å². The van der Waals surface area contributed by atoms with E-state index >= 15 is 0 Å². The van der Waals surface area contributed by atoms with Crippen LogP contribution in [0.5, 0.6) is 0 Å². The predicted octanol–water partition coefficient (Wildman–Crippen LogP) is 4.53. The van der Waals surface area contributed by atoms with Crippen molar-refractivity contribution in [2.24, 2.45) is 0 Å². The monoisotopic (exact) mass is 351 g/mol. The number of benzene rings is 2. The third-order valence-corrected chi connectivity index (χ3v) is 3.38. The molecule has 0 radical (unpaired) electrons. The molecule has 2 rings (SSSR count). The van der Waals surface area contributed by atoms with E-state index in [0.717, 1.165) is 14.7 Å². The van der Waals surface area contributed by atoms with Gasteiger partial charge in [-0.25, -0.2) is 0 Å². The van der Waals surface area contributed by atoms with Crippen molar-refractivity contribution in [3.05, 3.63) is 75.8 Å². The first-order chi connectivity index (χ1) is 8.66. The summed E-state index contributed by atoms with van der Waals surface area (Å²) in [6.45, 7) is 0. The number of hydrogen-bond acceptors (Lipinski definition) is 2. The molecule has 0 heterocycles. The number of hydrogen-bond donors (Lipinski definition) is 0. The lowest BCUT2D eigenvalue weighted by Gasteiger charge is -2.00. The van der Waals surface area contributed by atoms with Crippen LogP contribution in [0.25, 0.3) is 9.66 Å². The molecule has 18 heavy (non-hydrogen) atoms. The van der Waals surface area contributed by atoms with Crippen LogP contribution in [0.3, 0.4) is 0 Å². The fraction of sp³-hybridized carbons (Fsp3) is 0. The van der Waals surface area contributed by atoms with Crippen LogP contribution in [0.15, 0.2) is 54.6 Å². The first kappa shape index (κ1) is 12.8. The summed E-state index contributed by atoms with van der Waals surface area (Å²) in [6.07, 6.45) is 2.04. The van der Waals surface area contributed by atoms with Gasteiger partial charge in [-0.05, 0) is 51.9 Å². The highest BCUT2D eigenvalue weighted by Crippen LogP contribution is 2.26. The smallest absolute Gasteiger partial charge is 0.258 e. The molecule has 2 aromatic carbocycles. The molecule has 0 fully saturated rings. The summed E-state index contributed by atoms with van der Waals surface area (Å²) < 4.78 is 1.05.